The summed E-state index contributed by atoms with van der Waals surface area (Å²) in [5, 5.41) is 3.58. The molecule has 1 rings (SSSR count). The van der Waals surface area contributed by atoms with Gasteiger partial charge in [0.2, 0.25) is 0 Å². The van der Waals surface area contributed by atoms with Crippen LogP contribution in [0.1, 0.15) is 47.5 Å². The van der Waals surface area contributed by atoms with Gasteiger partial charge in [-0.1, -0.05) is 0 Å². The van der Waals surface area contributed by atoms with Gasteiger partial charge < -0.3 is 10.1 Å². The highest BCUT2D eigenvalue weighted by molar-refractivity contribution is 4.81. The molecular formula is C14H30N2O. The van der Waals surface area contributed by atoms with Crippen LogP contribution in [-0.2, 0) is 4.74 Å². The molecule has 0 saturated carbocycles. The first-order valence-corrected chi connectivity index (χ1v) is 7.03. The maximum Gasteiger partial charge on any atom is 0.0702 e. The van der Waals surface area contributed by atoms with Crippen molar-refractivity contribution < 1.29 is 4.74 Å². The molecule has 1 aliphatic rings. The van der Waals surface area contributed by atoms with E-state index in [0.29, 0.717) is 12.1 Å². The Morgan fingerprint density at radius 2 is 2.12 bits per heavy atom. The zero-order chi connectivity index (χ0) is 12.9. The van der Waals surface area contributed by atoms with Crippen LogP contribution in [0, 0.1) is 0 Å². The normalized spacial score (nSPS) is 24.9. The van der Waals surface area contributed by atoms with Crippen molar-refractivity contribution in [3.05, 3.63) is 0 Å². The van der Waals surface area contributed by atoms with Crippen molar-refractivity contribution in [1.82, 2.24) is 10.2 Å². The Morgan fingerprint density at radius 1 is 1.41 bits per heavy atom. The Kier molecular flexibility index (Phi) is 5.90. The SMILES string of the molecule is CCOC1CCCN(C(C)CNC(C)(C)C)C1. The molecule has 102 valence electrons. The minimum Gasteiger partial charge on any atom is -0.377 e. The highest BCUT2D eigenvalue weighted by Gasteiger charge is 2.24. The topological polar surface area (TPSA) is 24.5 Å². The average Bonchev–Trinajstić information content (AvgIpc) is 2.26. The lowest BCUT2D eigenvalue weighted by Gasteiger charge is -2.37. The van der Waals surface area contributed by atoms with Crippen molar-refractivity contribution in [2.45, 2.75) is 65.1 Å². The summed E-state index contributed by atoms with van der Waals surface area (Å²) in [5.41, 5.74) is 0.212. The predicted molar refractivity (Wildman–Crippen MR) is 73.4 cm³/mol. The fraction of sp³-hybridized carbons (Fsp3) is 1.00. The molecule has 1 saturated heterocycles. The second-order valence-corrected chi connectivity index (χ2v) is 6.19. The molecule has 0 radical (unpaired) electrons. The molecule has 3 heteroatoms. The Morgan fingerprint density at radius 3 is 2.71 bits per heavy atom. The van der Waals surface area contributed by atoms with Gasteiger partial charge in [-0.15, -0.1) is 0 Å². The van der Waals surface area contributed by atoms with Crippen molar-refractivity contribution in [3.63, 3.8) is 0 Å². The lowest BCUT2D eigenvalue weighted by Crippen LogP contribution is -2.50. The summed E-state index contributed by atoms with van der Waals surface area (Å²) in [6.45, 7) is 15.3. The molecule has 3 nitrogen and oxygen atoms in total. The molecule has 0 aromatic rings. The van der Waals surface area contributed by atoms with E-state index in [2.05, 4.69) is 44.8 Å². The molecule has 0 aromatic heterocycles. The molecule has 0 amide bonds. The first-order chi connectivity index (χ1) is 7.92. The van der Waals surface area contributed by atoms with Gasteiger partial charge in [0.05, 0.1) is 6.10 Å². The van der Waals surface area contributed by atoms with Gasteiger partial charge in [-0.25, -0.2) is 0 Å². The van der Waals surface area contributed by atoms with Gasteiger partial charge in [-0.2, -0.15) is 0 Å². The van der Waals surface area contributed by atoms with Crippen LogP contribution in [0.5, 0.6) is 0 Å². The van der Waals surface area contributed by atoms with Crippen LogP contribution in [0.15, 0.2) is 0 Å². The van der Waals surface area contributed by atoms with E-state index >= 15 is 0 Å². The van der Waals surface area contributed by atoms with E-state index in [0.717, 1.165) is 19.7 Å². The molecule has 1 heterocycles. The zero-order valence-corrected chi connectivity index (χ0v) is 12.3. The van der Waals surface area contributed by atoms with Gasteiger partial charge in [0.15, 0.2) is 0 Å². The molecule has 1 fully saturated rings. The van der Waals surface area contributed by atoms with Gasteiger partial charge in [0.25, 0.3) is 0 Å². The van der Waals surface area contributed by atoms with E-state index in [1.54, 1.807) is 0 Å². The number of rotatable bonds is 5. The Bertz CT molecular complexity index is 211. The average molecular weight is 242 g/mol. The van der Waals surface area contributed by atoms with Crippen LogP contribution in [0.4, 0.5) is 0 Å². The third kappa shape index (κ3) is 5.84. The number of hydrogen-bond donors (Lipinski definition) is 1. The maximum absolute atomic E-state index is 5.75. The van der Waals surface area contributed by atoms with E-state index in [1.807, 2.05) is 0 Å². The Labute approximate surface area is 107 Å². The van der Waals surface area contributed by atoms with Crippen molar-refractivity contribution >= 4 is 0 Å². The second kappa shape index (κ2) is 6.72. The summed E-state index contributed by atoms with van der Waals surface area (Å²) in [6, 6.07) is 0.595. The lowest BCUT2D eigenvalue weighted by molar-refractivity contribution is -0.00544. The van der Waals surface area contributed by atoms with E-state index in [4.69, 9.17) is 4.74 Å². The number of likely N-dealkylation sites (tertiary alicyclic amines) is 1. The molecule has 1 aliphatic heterocycles. The van der Waals surface area contributed by atoms with Gasteiger partial charge in [0, 0.05) is 31.3 Å². The summed E-state index contributed by atoms with van der Waals surface area (Å²) in [4.78, 5) is 2.56. The molecule has 2 atom stereocenters. The van der Waals surface area contributed by atoms with Crippen LogP contribution < -0.4 is 5.32 Å². The number of piperidine rings is 1. The summed E-state index contributed by atoms with van der Waals surface area (Å²) in [5.74, 6) is 0. The van der Waals surface area contributed by atoms with E-state index in [-0.39, 0.29) is 5.54 Å². The van der Waals surface area contributed by atoms with Gasteiger partial charge >= 0.3 is 0 Å². The first kappa shape index (κ1) is 14.9. The Balaban J connectivity index is 2.33. The van der Waals surface area contributed by atoms with Crippen molar-refractivity contribution in [1.29, 1.82) is 0 Å². The number of hydrogen-bond acceptors (Lipinski definition) is 3. The standard InChI is InChI=1S/C14H30N2O/c1-6-17-13-8-7-9-16(11-13)12(2)10-15-14(3,4)5/h12-13,15H,6-11H2,1-5H3. The minimum absolute atomic E-state index is 0.212. The smallest absolute Gasteiger partial charge is 0.0702 e. The van der Waals surface area contributed by atoms with Crippen LogP contribution in [0.2, 0.25) is 0 Å². The van der Waals surface area contributed by atoms with Gasteiger partial charge in [0.1, 0.15) is 0 Å². The van der Waals surface area contributed by atoms with Crippen LogP contribution in [0.25, 0.3) is 0 Å². The summed E-state index contributed by atoms with van der Waals surface area (Å²) >= 11 is 0. The van der Waals surface area contributed by atoms with E-state index in [9.17, 15) is 0 Å². The second-order valence-electron chi connectivity index (χ2n) is 6.19. The van der Waals surface area contributed by atoms with Crippen molar-refractivity contribution in [2.75, 3.05) is 26.2 Å². The predicted octanol–water partition coefficient (Wildman–Crippen LogP) is 2.26. The zero-order valence-electron chi connectivity index (χ0n) is 12.3. The number of ether oxygens (including phenoxy) is 1. The van der Waals surface area contributed by atoms with Crippen LogP contribution >= 0.6 is 0 Å². The summed E-state index contributed by atoms with van der Waals surface area (Å²) < 4.78 is 5.75. The fourth-order valence-corrected chi connectivity index (χ4v) is 2.32. The van der Waals surface area contributed by atoms with Gasteiger partial charge in [-0.05, 0) is 54.0 Å². The quantitative estimate of drug-likeness (QED) is 0.800. The minimum atomic E-state index is 0.212. The molecule has 0 aromatic carbocycles. The van der Waals surface area contributed by atoms with Crippen LogP contribution in [-0.4, -0.2) is 48.8 Å². The molecule has 0 spiro atoms. The molecule has 2 unspecified atom stereocenters. The third-order valence-electron chi connectivity index (χ3n) is 3.36. The van der Waals surface area contributed by atoms with E-state index < -0.39 is 0 Å². The van der Waals surface area contributed by atoms with E-state index in [1.165, 1.54) is 19.4 Å². The highest BCUT2D eigenvalue weighted by Crippen LogP contribution is 2.15. The lowest BCUT2D eigenvalue weighted by atomic mass is 10.0. The van der Waals surface area contributed by atoms with Crippen LogP contribution in [0.3, 0.4) is 0 Å². The maximum atomic E-state index is 5.75. The Hall–Kier alpha value is -0.120. The molecule has 0 aliphatic carbocycles. The monoisotopic (exact) mass is 242 g/mol. The highest BCUT2D eigenvalue weighted by atomic mass is 16.5. The number of nitrogens with zero attached hydrogens (tertiary/aromatic N) is 1. The summed E-state index contributed by atoms with van der Waals surface area (Å²) in [6.07, 6.45) is 2.94. The molecule has 17 heavy (non-hydrogen) atoms. The fourth-order valence-electron chi connectivity index (χ4n) is 2.32. The summed E-state index contributed by atoms with van der Waals surface area (Å²) in [7, 11) is 0. The largest absolute Gasteiger partial charge is 0.377 e. The van der Waals surface area contributed by atoms with Crippen molar-refractivity contribution in [2.24, 2.45) is 0 Å². The van der Waals surface area contributed by atoms with Gasteiger partial charge in [-0.3, -0.25) is 4.90 Å². The third-order valence-corrected chi connectivity index (χ3v) is 3.36. The number of nitrogens with one attached hydrogen (secondary N) is 1. The molecule has 1 N–H and O–H groups in total. The molecule has 0 bridgehead atoms. The molecular weight excluding hydrogens is 212 g/mol. The first-order valence-electron chi connectivity index (χ1n) is 7.03. The van der Waals surface area contributed by atoms with Crippen molar-refractivity contribution in [3.8, 4) is 0 Å².